The highest BCUT2D eigenvalue weighted by Gasteiger charge is 2.22. The third kappa shape index (κ3) is 5.44. The summed E-state index contributed by atoms with van der Waals surface area (Å²) in [5, 5.41) is 10.5. The van der Waals surface area contributed by atoms with Crippen molar-refractivity contribution in [2.45, 2.75) is 0 Å². The number of piperazine rings is 1. The van der Waals surface area contributed by atoms with Gasteiger partial charge in [-0.3, -0.25) is 4.79 Å². The van der Waals surface area contributed by atoms with Crippen LogP contribution in [-0.4, -0.2) is 63.5 Å². The number of nitrogens with two attached hydrogens (primary N) is 1. The lowest BCUT2D eigenvalue weighted by atomic mass is 10.1. The van der Waals surface area contributed by atoms with E-state index in [1.165, 1.54) is 6.33 Å². The van der Waals surface area contributed by atoms with Gasteiger partial charge in [-0.25, -0.2) is 9.97 Å². The quantitative estimate of drug-likeness (QED) is 0.228. The first-order valence-corrected chi connectivity index (χ1v) is 13.6. The molecule has 0 unspecified atom stereocenters. The molecule has 208 valence electrons. The van der Waals surface area contributed by atoms with E-state index >= 15 is 0 Å². The summed E-state index contributed by atoms with van der Waals surface area (Å²) in [5.74, 6) is 1.61. The summed E-state index contributed by atoms with van der Waals surface area (Å²) in [6.45, 7) is 2.79. The second-order valence-electron chi connectivity index (χ2n) is 10.2. The first kappa shape index (κ1) is 26.7. The lowest BCUT2D eigenvalue weighted by molar-refractivity contribution is -0.128. The Morgan fingerprint density at radius 1 is 0.952 bits per heavy atom. The van der Waals surface area contributed by atoms with Crippen LogP contribution in [0.5, 0.6) is 11.5 Å². The van der Waals surface area contributed by atoms with Crippen molar-refractivity contribution < 1.29 is 9.53 Å². The van der Waals surface area contributed by atoms with Crippen LogP contribution in [0.2, 0.25) is 0 Å². The number of hydrogen-bond donors (Lipinski definition) is 1. The van der Waals surface area contributed by atoms with Crippen molar-refractivity contribution in [3.63, 3.8) is 0 Å². The average molecular weight is 556 g/mol. The number of nitrogens with zero attached hydrogens (tertiary/aromatic N) is 6. The zero-order valence-electron chi connectivity index (χ0n) is 23.1. The molecular formula is C33H29N7O2. The van der Waals surface area contributed by atoms with Crippen molar-refractivity contribution in [1.29, 1.82) is 5.26 Å². The van der Waals surface area contributed by atoms with Crippen LogP contribution < -0.4 is 10.5 Å². The molecule has 2 N–H and O–H groups in total. The van der Waals surface area contributed by atoms with Crippen LogP contribution in [0.15, 0.2) is 97.0 Å². The number of amides is 1. The molecule has 0 bridgehead atoms. The summed E-state index contributed by atoms with van der Waals surface area (Å²) < 4.78 is 7.90. The number of carbonyl (C=O) groups excluding carboxylic acids is 1. The molecule has 3 heterocycles. The number of carbonyl (C=O) groups is 1. The summed E-state index contributed by atoms with van der Waals surface area (Å²) in [5.41, 5.74) is 10.5. The maximum Gasteiger partial charge on any atom is 0.264 e. The number of para-hydroxylation sites is 1. The predicted molar refractivity (Wildman–Crippen MR) is 163 cm³/mol. The normalized spacial score (nSPS) is 14.1. The molecule has 3 aromatic carbocycles. The second-order valence-corrected chi connectivity index (χ2v) is 10.2. The van der Waals surface area contributed by atoms with Crippen molar-refractivity contribution in [3.8, 4) is 34.4 Å². The number of nitrogen functional groups attached to an aromatic ring is 1. The number of hydrogen-bond acceptors (Lipinski definition) is 7. The maximum absolute atomic E-state index is 13.1. The Morgan fingerprint density at radius 3 is 2.43 bits per heavy atom. The molecule has 9 nitrogen and oxygen atoms in total. The van der Waals surface area contributed by atoms with Crippen LogP contribution in [0.3, 0.4) is 0 Å². The Labute approximate surface area is 243 Å². The molecule has 5 aromatic rings. The van der Waals surface area contributed by atoms with Gasteiger partial charge >= 0.3 is 0 Å². The molecule has 1 aliphatic rings. The number of fused-ring (bicyclic) bond motifs is 1. The van der Waals surface area contributed by atoms with Gasteiger partial charge in [0.25, 0.3) is 5.91 Å². The molecule has 6 rings (SSSR count). The van der Waals surface area contributed by atoms with E-state index in [0.717, 1.165) is 52.4 Å². The van der Waals surface area contributed by atoms with Gasteiger partial charge in [0.15, 0.2) is 5.65 Å². The number of ether oxygens (including phenoxy) is 1. The second kappa shape index (κ2) is 11.6. The van der Waals surface area contributed by atoms with Crippen molar-refractivity contribution >= 4 is 28.8 Å². The Balaban J connectivity index is 1.33. The minimum absolute atomic E-state index is 0.110. The summed E-state index contributed by atoms with van der Waals surface area (Å²) in [6, 6.07) is 27.1. The van der Waals surface area contributed by atoms with E-state index in [4.69, 9.17) is 10.5 Å². The molecule has 0 spiro atoms. The number of aromatic nitrogens is 3. The Morgan fingerprint density at radius 2 is 1.69 bits per heavy atom. The smallest absolute Gasteiger partial charge is 0.264 e. The Kier molecular flexibility index (Phi) is 7.37. The predicted octanol–water partition coefficient (Wildman–Crippen LogP) is 5.14. The Hall–Kier alpha value is -5.46. The molecule has 2 aromatic heterocycles. The lowest BCUT2D eigenvalue weighted by Gasteiger charge is -2.32. The number of anilines is 1. The topological polar surface area (TPSA) is 113 Å². The van der Waals surface area contributed by atoms with Crippen LogP contribution in [0.1, 0.15) is 5.56 Å². The van der Waals surface area contributed by atoms with E-state index in [1.54, 1.807) is 11.0 Å². The van der Waals surface area contributed by atoms with Crippen molar-refractivity contribution in [3.05, 3.63) is 103 Å². The van der Waals surface area contributed by atoms with Gasteiger partial charge in [-0.2, -0.15) is 5.26 Å². The van der Waals surface area contributed by atoms with Gasteiger partial charge in [0.05, 0.1) is 5.39 Å². The van der Waals surface area contributed by atoms with Gasteiger partial charge in [0.1, 0.15) is 35.3 Å². The van der Waals surface area contributed by atoms with E-state index in [-0.39, 0.29) is 11.5 Å². The molecule has 0 radical (unpaired) electrons. The average Bonchev–Trinajstić information content (AvgIpc) is 3.42. The molecule has 1 fully saturated rings. The minimum Gasteiger partial charge on any atom is -0.457 e. The molecule has 0 saturated carbocycles. The molecule has 0 atom stereocenters. The number of benzene rings is 3. The van der Waals surface area contributed by atoms with Gasteiger partial charge in [0.2, 0.25) is 0 Å². The summed E-state index contributed by atoms with van der Waals surface area (Å²) in [7, 11) is 2.03. The standard InChI is InChI=1S/C33H29N7O2/c1-38-14-16-39(17-15-38)33(41)25(20-34)18-23-6-5-7-26(19-23)40-21-29(30-31(35)36-22-37-32(30)40)24-10-12-28(13-11-24)42-27-8-3-2-4-9-27/h2-13,18-19,21-22H,14-17H2,1H3,(H2,35,36,37)/b25-18-. The fourth-order valence-electron chi connectivity index (χ4n) is 5.08. The van der Waals surface area contributed by atoms with Gasteiger partial charge in [-0.15, -0.1) is 0 Å². The maximum atomic E-state index is 13.1. The highest BCUT2D eigenvalue weighted by atomic mass is 16.5. The van der Waals surface area contributed by atoms with Crippen molar-refractivity contribution in [2.75, 3.05) is 39.0 Å². The lowest BCUT2D eigenvalue weighted by Crippen LogP contribution is -2.47. The van der Waals surface area contributed by atoms with Crippen LogP contribution in [-0.2, 0) is 4.79 Å². The monoisotopic (exact) mass is 555 g/mol. The van der Waals surface area contributed by atoms with E-state index in [1.807, 2.05) is 96.7 Å². The third-order valence-corrected chi connectivity index (χ3v) is 7.36. The van der Waals surface area contributed by atoms with Crippen LogP contribution in [0.4, 0.5) is 5.82 Å². The molecule has 1 aliphatic heterocycles. The summed E-state index contributed by atoms with van der Waals surface area (Å²) in [4.78, 5) is 25.8. The van der Waals surface area contributed by atoms with E-state index in [2.05, 4.69) is 20.9 Å². The van der Waals surface area contributed by atoms with Crippen LogP contribution in [0, 0.1) is 11.3 Å². The largest absolute Gasteiger partial charge is 0.457 e. The van der Waals surface area contributed by atoms with Gasteiger partial charge < -0.3 is 24.8 Å². The van der Waals surface area contributed by atoms with E-state index in [0.29, 0.717) is 24.6 Å². The summed E-state index contributed by atoms with van der Waals surface area (Å²) in [6.07, 6.45) is 5.07. The first-order valence-electron chi connectivity index (χ1n) is 13.6. The van der Waals surface area contributed by atoms with Crippen LogP contribution in [0.25, 0.3) is 33.9 Å². The molecular weight excluding hydrogens is 526 g/mol. The molecule has 1 amide bonds. The Bertz CT molecular complexity index is 1810. The molecule has 42 heavy (non-hydrogen) atoms. The molecule has 0 aliphatic carbocycles. The van der Waals surface area contributed by atoms with Crippen molar-refractivity contribution in [1.82, 2.24) is 24.3 Å². The number of nitriles is 1. The highest BCUT2D eigenvalue weighted by Crippen LogP contribution is 2.35. The first-order chi connectivity index (χ1) is 20.5. The zero-order chi connectivity index (χ0) is 29.1. The molecule has 1 saturated heterocycles. The van der Waals surface area contributed by atoms with Crippen molar-refractivity contribution in [2.24, 2.45) is 0 Å². The van der Waals surface area contributed by atoms with Gasteiger partial charge in [-0.05, 0) is 60.6 Å². The highest BCUT2D eigenvalue weighted by molar-refractivity contribution is 6.02. The van der Waals surface area contributed by atoms with Gasteiger partial charge in [-0.1, -0.05) is 42.5 Å². The third-order valence-electron chi connectivity index (χ3n) is 7.36. The number of likely N-dealkylation sites (N-methyl/N-ethyl adjacent to an activating group) is 1. The fourth-order valence-corrected chi connectivity index (χ4v) is 5.08. The fraction of sp³-hybridized carbons (Fsp3) is 0.152. The number of rotatable bonds is 6. The molecule has 9 heteroatoms. The van der Waals surface area contributed by atoms with E-state index in [9.17, 15) is 10.1 Å². The van der Waals surface area contributed by atoms with Gasteiger partial charge in [0, 0.05) is 43.6 Å². The zero-order valence-corrected chi connectivity index (χ0v) is 23.1. The SMILES string of the molecule is CN1CCN(C(=O)/C(C#N)=C\c2cccc(-n3cc(-c4ccc(Oc5ccccc5)cc4)c4c(N)ncnc43)c2)CC1. The minimum atomic E-state index is -0.245. The summed E-state index contributed by atoms with van der Waals surface area (Å²) >= 11 is 0. The van der Waals surface area contributed by atoms with E-state index < -0.39 is 0 Å². The van der Waals surface area contributed by atoms with Crippen LogP contribution >= 0.6 is 0 Å².